The Morgan fingerprint density at radius 2 is 2.38 bits per heavy atom. The van der Waals surface area contributed by atoms with Crippen LogP contribution in [-0.2, 0) is 9.53 Å². The molecule has 0 saturated carbocycles. The van der Waals surface area contributed by atoms with Crippen LogP contribution in [0.3, 0.4) is 0 Å². The number of hydrazone groups is 1. The molecule has 0 atom stereocenters. The number of nitrogens with zero attached hydrogens (tertiary/aromatic N) is 1. The minimum Gasteiger partial charge on any atom is -0.464 e. The van der Waals surface area contributed by atoms with Gasteiger partial charge in [-0.3, -0.25) is 0 Å². The average molecular weight is 137 g/mol. The van der Waals surface area contributed by atoms with Gasteiger partial charge in [0.1, 0.15) is 0 Å². The molecule has 0 aliphatic rings. The van der Waals surface area contributed by atoms with Crippen molar-refractivity contribution in [2.45, 2.75) is 0 Å². The minimum atomic E-state index is -0.728. The molecule has 0 amide bonds. The monoisotopic (exact) mass is 136 g/mol. The summed E-state index contributed by atoms with van der Waals surface area (Å²) in [7, 11) is 1.19. The molecule has 0 aromatic carbocycles. The van der Waals surface area contributed by atoms with E-state index < -0.39 is 5.97 Å². The van der Waals surface area contributed by atoms with Gasteiger partial charge < -0.3 is 10.6 Å². The summed E-state index contributed by atoms with van der Waals surface area (Å²) < 4.78 is 4.12. The van der Waals surface area contributed by atoms with E-state index in [0.29, 0.717) is 0 Å². The summed E-state index contributed by atoms with van der Waals surface area (Å²) in [5.41, 5.74) is 0. The van der Waals surface area contributed by atoms with E-state index in [1.54, 1.807) is 0 Å². The lowest BCUT2D eigenvalue weighted by atomic mass is 10.7. The average Bonchev–Trinajstić information content (AvgIpc) is 1.84. The molecule has 5 heteroatoms. The second-order valence-corrected chi connectivity index (χ2v) is 1.27. The van der Waals surface area contributed by atoms with Crippen LogP contribution in [0.4, 0.5) is 0 Å². The Kier molecular flexibility index (Phi) is 2.95. The van der Waals surface area contributed by atoms with E-state index in [-0.39, 0.29) is 5.17 Å². The van der Waals surface area contributed by atoms with Crippen molar-refractivity contribution >= 4 is 22.7 Å². The number of hydrogen-bond acceptors (Lipinski definition) is 4. The summed E-state index contributed by atoms with van der Waals surface area (Å²) in [6.07, 6.45) is 0. The number of rotatable bonds is 1. The van der Waals surface area contributed by atoms with Crippen molar-refractivity contribution in [2.75, 3.05) is 7.11 Å². The maximum Gasteiger partial charge on any atom is 0.370 e. The van der Waals surface area contributed by atoms with Crippen LogP contribution >= 0.6 is 11.6 Å². The van der Waals surface area contributed by atoms with Crippen molar-refractivity contribution in [1.82, 2.24) is 0 Å². The van der Waals surface area contributed by atoms with Crippen LogP contribution in [0.25, 0.3) is 0 Å². The van der Waals surface area contributed by atoms with Crippen molar-refractivity contribution in [3.63, 3.8) is 0 Å². The van der Waals surface area contributed by atoms with Crippen LogP contribution < -0.4 is 5.84 Å². The highest BCUT2D eigenvalue weighted by atomic mass is 35.5. The van der Waals surface area contributed by atoms with E-state index in [1.165, 1.54) is 7.11 Å². The van der Waals surface area contributed by atoms with Crippen molar-refractivity contribution in [1.29, 1.82) is 0 Å². The Bertz CT molecular complexity index is 122. The van der Waals surface area contributed by atoms with Gasteiger partial charge in [-0.25, -0.2) is 4.79 Å². The molecule has 4 nitrogen and oxygen atoms in total. The second kappa shape index (κ2) is 3.26. The first-order chi connectivity index (χ1) is 3.72. The number of ether oxygens (including phenoxy) is 1. The lowest BCUT2D eigenvalue weighted by Crippen LogP contribution is -2.10. The topological polar surface area (TPSA) is 64.7 Å². The SMILES string of the molecule is COC(=O)/C(Cl)=N/N. The van der Waals surface area contributed by atoms with Gasteiger partial charge in [0.25, 0.3) is 0 Å². The molecule has 2 N–H and O–H groups in total. The maximum absolute atomic E-state index is 10.2. The Morgan fingerprint density at radius 1 is 1.88 bits per heavy atom. The zero-order valence-corrected chi connectivity index (χ0v) is 4.97. The molecule has 0 heterocycles. The molecule has 0 spiro atoms. The molecule has 0 fully saturated rings. The van der Waals surface area contributed by atoms with Gasteiger partial charge in [0.15, 0.2) is 0 Å². The normalized spacial score (nSPS) is 11.0. The summed E-state index contributed by atoms with van der Waals surface area (Å²) in [4.78, 5) is 10.2. The molecule has 0 radical (unpaired) electrons. The minimum absolute atomic E-state index is 0.354. The van der Waals surface area contributed by atoms with Crippen LogP contribution in [0, 0.1) is 0 Å². The Balaban J connectivity index is 3.83. The summed E-state index contributed by atoms with van der Waals surface area (Å²) in [6, 6.07) is 0. The fraction of sp³-hybridized carbons (Fsp3) is 0.333. The van der Waals surface area contributed by atoms with Gasteiger partial charge in [-0.1, -0.05) is 11.6 Å². The quantitative estimate of drug-likeness (QED) is 0.232. The lowest BCUT2D eigenvalue weighted by Gasteiger charge is -1.89. The third-order valence-corrected chi connectivity index (χ3v) is 0.719. The van der Waals surface area contributed by atoms with Crippen LogP contribution in [0.1, 0.15) is 0 Å². The molecule has 0 aliphatic carbocycles. The third-order valence-electron chi connectivity index (χ3n) is 0.467. The highest BCUT2D eigenvalue weighted by Crippen LogP contribution is 1.84. The summed E-state index contributed by atoms with van der Waals surface area (Å²) in [5.74, 6) is 3.88. The molecule has 0 aromatic rings. The van der Waals surface area contributed by atoms with Gasteiger partial charge >= 0.3 is 5.97 Å². The van der Waals surface area contributed by atoms with Gasteiger partial charge in [0.2, 0.25) is 5.17 Å². The number of halogens is 1. The molecule has 0 unspecified atom stereocenters. The highest BCUT2D eigenvalue weighted by molar-refractivity contribution is 6.81. The van der Waals surface area contributed by atoms with E-state index in [2.05, 4.69) is 15.7 Å². The van der Waals surface area contributed by atoms with Crippen LogP contribution in [-0.4, -0.2) is 18.2 Å². The number of nitrogens with two attached hydrogens (primary N) is 1. The van der Waals surface area contributed by atoms with E-state index in [4.69, 9.17) is 11.6 Å². The van der Waals surface area contributed by atoms with Crippen molar-refractivity contribution in [3.8, 4) is 0 Å². The predicted octanol–water partition coefficient (Wildman–Crippen LogP) is -0.330. The number of carbonyl (C=O) groups is 1. The van der Waals surface area contributed by atoms with Crippen molar-refractivity contribution < 1.29 is 9.53 Å². The summed E-state index contributed by atoms with van der Waals surface area (Å²) >= 11 is 5.07. The lowest BCUT2D eigenvalue weighted by molar-refractivity contribution is -0.132. The van der Waals surface area contributed by atoms with Gasteiger partial charge in [-0.05, 0) is 0 Å². The largest absolute Gasteiger partial charge is 0.464 e. The first-order valence-electron chi connectivity index (χ1n) is 1.74. The van der Waals surface area contributed by atoms with E-state index in [9.17, 15) is 4.79 Å². The molecule has 0 aliphatic heterocycles. The van der Waals surface area contributed by atoms with Gasteiger partial charge in [0, 0.05) is 0 Å². The Morgan fingerprint density at radius 3 is 2.50 bits per heavy atom. The molecular weight excluding hydrogens is 131 g/mol. The summed E-state index contributed by atoms with van der Waals surface area (Å²) in [6.45, 7) is 0. The Labute approximate surface area is 51.3 Å². The third kappa shape index (κ3) is 1.79. The number of methoxy groups -OCH3 is 1. The number of esters is 1. The molecule has 0 bridgehead atoms. The van der Waals surface area contributed by atoms with E-state index >= 15 is 0 Å². The Hall–Kier alpha value is -0.770. The molecule has 0 saturated heterocycles. The van der Waals surface area contributed by atoms with Crippen molar-refractivity contribution in [3.05, 3.63) is 0 Å². The van der Waals surface area contributed by atoms with Crippen molar-refractivity contribution in [2.24, 2.45) is 10.9 Å². The van der Waals surface area contributed by atoms with Gasteiger partial charge in [-0.2, -0.15) is 5.10 Å². The first kappa shape index (κ1) is 7.23. The number of carbonyl (C=O) groups excluding carboxylic acids is 1. The van der Waals surface area contributed by atoms with Crippen LogP contribution in [0.15, 0.2) is 5.10 Å². The molecule has 8 heavy (non-hydrogen) atoms. The fourth-order valence-electron chi connectivity index (χ4n) is 0.137. The first-order valence-corrected chi connectivity index (χ1v) is 2.12. The fourth-order valence-corrected chi connectivity index (χ4v) is 0.214. The maximum atomic E-state index is 10.2. The van der Waals surface area contributed by atoms with E-state index in [1.807, 2.05) is 0 Å². The molecule has 0 rings (SSSR count). The van der Waals surface area contributed by atoms with Crippen LogP contribution in [0.2, 0.25) is 0 Å². The smallest absolute Gasteiger partial charge is 0.370 e. The van der Waals surface area contributed by atoms with E-state index in [0.717, 1.165) is 0 Å². The van der Waals surface area contributed by atoms with Crippen LogP contribution in [0.5, 0.6) is 0 Å². The standard InChI is InChI=1S/C3H5ClN2O2/c1-8-3(7)2(4)6-5/h5H2,1H3/b6-2-. The zero-order valence-electron chi connectivity index (χ0n) is 4.22. The molecule has 0 aromatic heterocycles. The summed E-state index contributed by atoms with van der Waals surface area (Å²) in [5, 5.41) is 2.51. The highest BCUT2D eigenvalue weighted by Gasteiger charge is 2.04. The van der Waals surface area contributed by atoms with Gasteiger partial charge in [0.05, 0.1) is 7.11 Å². The van der Waals surface area contributed by atoms with Gasteiger partial charge in [-0.15, -0.1) is 0 Å². The predicted molar refractivity (Wildman–Crippen MR) is 29.5 cm³/mol. The zero-order chi connectivity index (χ0) is 6.57. The second-order valence-electron chi connectivity index (χ2n) is 0.911. The molecular formula is C3H5ClN2O2. The molecule has 46 valence electrons. The number of hydrogen-bond donors (Lipinski definition) is 1.